The molecule has 3 atom stereocenters. The molecule has 0 bridgehead atoms. The van der Waals surface area contributed by atoms with E-state index < -0.39 is 8.32 Å². The molecule has 1 fully saturated rings. The van der Waals surface area contributed by atoms with E-state index in [0.29, 0.717) is 6.10 Å². The van der Waals surface area contributed by atoms with Crippen molar-refractivity contribution in [2.45, 2.75) is 58.4 Å². The second-order valence-electron chi connectivity index (χ2n) is 5.76. The second kappa shape index (κ2) is 5.31. The van der Waals surface area contributed by atoms with Crippen LogP contribution in [0.1, 0.15) is 33.1 Å². The monoisotopic (exact) mass is 226 g/mol. The van der Waals surface area contributed by atoms with Gasteiger partial charge in [0.25, 0.3) is 0 Å². The first-order chi connectivity index (χ1) is 6.94. The van der Waals surface area contributed by atoms with Crippen LogP contribution in [0.5, 0.6) is 0 Å². The lowest BCUT2D eigenvalue weighted by Crippen LogP contribution is -2.38. The van der Waals surface area contributed by atoms with Gasteiger partial charge in [0.1, 0.15) is 0 Å². The lowest BCUT2D eigenvalue weighted by atomic mass is 9.80. The first-order valence-corrected chi connectivity index (χ1v) is 9.35. The molecule has 15 heavy (non-hydrogen) atoms. The zero-order valence-electron chi connectivity index (χ0n) is 10.8. The van der Waals surface area contributed by atoms with Gasteiger partial charge in [-0.2, -0.15) is 0 Å². The summed E-state index contributed by atoms with van der Waals surface area (Å²) in [5.41, 5.74) is 0. The third-order valence-corrected chi connectivity index (χ3v) is 5.91. The lowest BCUT2D eigenvalue weighted by molar-refractivity contribution is 0.0941. The van der Waals surface area contributed by atoms with Crippen LogP contribution in [0.4, 0.5) is 0 Å². The van der Waals surface area contributed by atoms with Gasteiger partial charge in [-0.05, 0) is 50.2 Å². The van der Waals surface area contributed by atoms with Crippen molar-refractivity contribution in [1.82, 2.24) is 0 Å². The molecule has 1 saturated carbocycles. The van der Waals surface area contributed by atoms with Crippen LogP contribution in [-0.4, -0.2) is 14.4 Å². The van der Waals surface area contributed by atoms with Crippen LogP contribution in [0.2, 0.25) is 19.1 Å². The first-order valence-electron chi connectivity index (χ1n) is 6.23. The standard InChI is InChI=1S/C13H26OSi/c1-6-9-15(4,5)14-13-8-7-11(2)12(3)10-13/h6,11-13H,1,7-10H2,2-5H3. The van der Waals surface area contributed by atoms with Crippen molar-refractivity contribution < 1.29 is 4.43 Å². The number of hydrogen-bond acceptors (Lipinski definition) is 1. The van der Waals surface area contributed by atoms with Crippen LogP contribution < -0.4 is 0 Å². The van der Waals surface area contributed by atoms with Crippen LogP contribution in [0, 0.1) is 11.8 Å². The van der Waals surface area contributed by atoms with E-state index in [9.17, 15) is 0 Å². The van der Waals surface area contributed by atoms with Gasteiger partial charge in [0, 0.05) is 6.10 Å². The summed E-state index contributed by atoms with van der Waals surface area (Å²) < 4.78 is 6.31. The molecule has 0 aromatic carbocycles. The van der Waals surface area contributed by atoms with Gasteiger partial charge < -0.3 is 4.43 Å². The predicted octanol–water partition coefficient (Wildman–Crippen LogP) is 4.22. The molecular weight excluding hydrogens is 200 g/mol. The minimum atomic E-state index is -1.46. The van der Waals surface area contributed by atoms with Crippen molar-refractivity contribution in [1.29, 1.82) is 0 Å². The van der Waals surface area contributed by atoms with E-state index in [2.05, 4.69) is 33.5 Å². The highest BCUT2D eigenvalue weighted by Crippen LogP contribution is 2.32. The third-order valence-electron chi connectivity index (χ3n) is 3.67. The summed E-state index contributed by atoms with van der Waals surface area (Å²) in [6, 6.07) is 1.08. The van der Waals surface area contributed by atoms with E-state index in [4.69, 9.17) is 4.43 Å². The van der Waals surface area contributed by atoms with E-state index in [0.717, 1.165) is 17.9 Å². The van der Waals surface area contributed by atoms with Crippen molar-refractivity contribution in [2.75, 3.05) is 0 Å². The number of allylic oxidation sites excluding steroid dienone is 1. The van der Waals surface area contributed by atoms with E-state index >= 15 is 0 Å². The van der Waals surface area contributed by atoms with Crippen LogP contribution in [0.15, 0.2) is 12.7 Å². The molecule has 0 amide bonds. The van der Waals surface area contributed by atoms with Gasteiger partial charge in [0.15, 0.2) is 8.32 Å². The van der Waals surface area contributed by atoms with Gasteiger partial charge in [0.05, 0.1) is 0 Å². The molecule has 88 valence electrons. The fourth-order valence-electron chi connectivity index (χ4n) is 2.45. The van der Waals surface area contributed by atoms with Crippen molar-refractivity contribution >= 4 is 8.32 Å². The lowest BCUT2D eigenvalue weighted by Gasteiger charge is -2.36. The maximum absolute atomic E-state index is 6.31. The molecule has 0 aromatic heterocycles. The summed E-state index contributed by atoms with van der Waals surface area (Å²) in [4.78, 5) is 0. The third kappa shape index (κ3) is 4.11. The summed E-state index contributed by atoms with van der Waals surface area (Å²) in [6.07, 6.45) is 6.40. The molecule has 1 nitrogen and oxygen atoms in total. The van der Waals surface area contributed by atoms with Crippen molar-refractivity contribution in [2.24, 2.45) is 11.8 Å². The molecule has 1 rings (SSSR count). The van der Waals surface area contributed by atoms with E-state index in [1.54, 1.807) is 0 Å². The van der Waals surface area contributed by atoms with Gasteiger partial charge in [0.2, 0.25) is 0 Å². The van der Waals surface area contributed by atoms with Crippen LogP contribution in [0.25, 0.3) is 0 Å². The molecule has 0 aliphatic heterocycles. The average Bonchev–Trinajstić information content (AvgIpc) is 2.10. The van der Waals surface area contributed by atoms with Gasteiger partial charge in [-0.3, -0.25) is 0 Å². The first kappa shape index (κ1) is 13.0. The maximum atomic E-state index is 6.31. The Morgan fingerprint density at radius 1 is 1.27 bits per heavy atom. The molecule has 0 aromatic rings. The summed E-state index contributed by atoms with van der Waals surface area (Å²) in [7, 11) is -1.46. The van der Waals surface area contributed by atoms with Crippen molar-refractivity contribution in [3.8, 4) is 0 Å². The molecule has 3 unspecified atom stereocenters. The SMILES string of the molecule is C=CC[Si](C)(C)OC1CCC(C)C(C)C1. The Morgan fingerprint density at radius 2 is 1.93 bits per heavy atom. The Balaban J connectivity index is 2.42. The van der Waals surface area contributed by atoms with E-state index in [1.165, 1.54) is 19.3 Å². The Hall–Kier alpha value is -0.0831. The van der Waals surface area contributed by atoms with Gasteiger partial charge in [-0.15, -0.1) is 6.58 Å². The van der Waals surface area contributed by atoms with Crippen LogP contribution >= 0.6 is 0 Å². The molecule has 1 aliphatic carbocycles. The summed E-state index contributed by atoms with van der Waals surface area (Å²) in [6.45, 7) is 13.2. The second-order valence-corrected chi connectivity index (χ2v) is 9.92. The van der Waals surface area contributed by atoms with Crippen LogP contribution in [-0.2, 0) is 4.43 Å². The molecule has 0 saturated heterocycles. The predicted molar refractivity (Wildman–Crippen MR) is 69.5 cm³/mol. The van der Waals surface area contributed by atoms with Gasteiger partial charge >= 0.3 is 0 Å². The van der Waals surface area contributed by atoms with Crippen molar-refractivity contribution in [3.63, 3.8) is 0 Å². The highest BCUT2D eigenvalue weighted by Gasteiger charge is 2.30. The molecule has 2 heteroatoms. The normalized spacial score (nSPS) is 32.7. The summed E-state index contributed by atoms with van der Waals surface area (Å²) in [5, 5.41) is 0. The smallest absolute Gasteiger partial charge is 0.190 e. The number of hydrogen-bond donors (Lipinski definition) is 0. The molecule has 1 aliphatic rings. The minimum Gasteiger partial charge on any atom is -0.414 e. The maximum Gasteiger partial charge on any atom is 0.190 e. The molecular formula is C13H26OSi. The minimum absolute atomic E-state index is 0.526. The molecule has 0 heterocycles. The quantitative estimate of drug-likeness (QED) is 0.515. The topological polar surface area (TPSA) is 9.23 Å². The number of rotatable bonds is 4. The van der Waals surface area contributed by atoms with Crippen molar-refractivity contribution in [3.05, 3.63) is 12.7 Å². The van der Waals surface area contributed by atoms with Gasteiger partial charge in [-0.25, -0.2) is 0 Å². The van der Waals surface area contributed by atoms with Gasteiger partial charge in [-0.1, -0.05) is 19.9 Å². The van der Waals surface area contributed by atoms with E-state index in [-0.39, 0.29) is 0 Å². The van der Waals surface area contributed by atoms with Crippen LogP contribution in [0.3, 0.4) is 0 Å². The largest absolute Gasteiger partial charge is 0.414 e. The Labute approximate surface area is 96.0 Å². The summed E-state index contributed by atoms with van der Waals surface area (Å²) >= 11 is 0. The fraction of sp³-hybridized carbons (Fsp3) is 0.846. The summed E-state index contributed by atoms with van der Waals surface area (Å²) in [5.74, 6) is 1.71. The molecule has 0 radical (unpaired) electrons. The Morgan fingerprint density at radius 3 is 2.47 bits per heavy atom. The zero-order valence-corrected chi connectivity index (χ0v) is 11.8. The fourth-order valence-corrected chi connectivity index (χ4v) is 4.36. The molecule has 0 spiro atoms. The van der Waals surface area contributed by atoms with E-state index in [1.807, 2.05) is 6.08 Å². The zero-order chi connectivity index (χ0) is 11.5. The molecule has 0 N–H and O–H groups in total. The highest BCUT2D eigenvalue weighted by atomic mass is 28.4. The average molecular weight is 226 g/mol. The Kier molecular flexibility index (Phi) is 4.59. The highest BCUT2D eigenvalue weighted by molar-refractivity contribution is 6.71. The Bertz CT molecular complexity index is 213.